The van der Waals surface area contributed by atoms with Crippen LogP contribution in [0.3, 0.4) is 0 Å². The Balaban J connectivity index is 1.79. The summed E-state index contributed by atoms with van der Waals surface area (Å²) in [6, 6.07) is 7.95. The summed E-state index contributed by atoms with van der Waals surface area (Å²) >= 11 is 0. The number of carbonyl (C=O) groups is 3. The van der Waals surface area contributed by atoms with Gasteiger partial charge in [-0.05, 0) is 32.2 Å². The minimum Gasteiger partial charge on any atom is -0.448 e. The highest BCUT2D eigenvalue weighted by Crippen LogP contribution is 2.29. The van der Waals surface area contributed by atoms with E-state index < -0.39 is 28.0 Å². The van der Waals surface area contributed by atoms with Crippen molar-refractivity contribution < 1.29 is 27.5 Å². The quantitative estimate of drug-likeness (QED) is 0.677. The van der Waals surface area contributed by atoms with Crippen LogP contribution in [0, 0.1) is 0 Å². The summed E-state index contributed by atoms with van der Waals surface area (Å²) in [6.45, 7) is 1.19. The van der Waals surface area contributed by atoms with Gasteiger partial charge in [0, 0.05) is 13.2 Å². The standard InChI is InChI=1S/C18H20N4O6S/c1-11(17(24)22-10-16(23)20-13-6-4-5-7-14(13)22)28-18(25)15-8-12(9-21(15)3)29(26,27)19-2/h4-9,11,19H,10H2,1-3H3,(H,20,23). The van der Waals surface area contributed by atoms with Gasteiger partial charge in [0.25, 0.3) is 5.91 Å². The van der Waals surface area contributed by atoms with E-state index in [0.29, 0.717) is 11.4 Å². The van der Waals surface area contributed by atoms with E-state index in [4.69, 9.17) is 4.74 Å². The van der Waals surface area contributed by atoms with Crippen molar-refractivity contribution in [3.8, 4) is 0 Å². The minimum atomic E-state index is -3.73. The monoisotopic (exact) mass is 420 g/mol. The number of para-hydroxylation sites is 2. The number of fused-ring (bicyclic) bond motifs is 1. The Bertz CT molecular complexity index is 1090. The molecule has 1 aliphatic rings. The molecular weight excluding hydrogens is 400 g/mol. The third-order valence-corrected chi connectivity index (χ3v) is 5.82. The zero-order valence-corrected chi connectivity index (χ0v) is 16.8. The number of aromatic nitrogens is 1. The number of amides is 2. The van der Waals surface area contributed by atoms with Crippen LogP contribution < -0.4 is 14.9 Å². The highest BCUT2D eigenvalue weighted by atomic mass is 32.2. The highest BCUT2D eigenvalue weighted by Gasteiger charge is 2.32. The summed E-state index contributed by atoms with van der Waals surface area (Å²) in [4.78, 5) is 38.4. The van der Waals surface area contributed by atoms with Gasteiger partial charge in [-0.3, -0.25) is 14.5 Å². The maximum absolute atomic E-state index is 12.8. The lowest BCUT2D eigenvalue weighted by Crippen LogP contribution is -2.47. The Morgan fingerprint density at radius 2 is 1.97 bits per heavy atom. The Hall–Kier alpha value is -3.18. The molecule has 2 N–H and O–H groups in total. The van der Waals surface area contributed by atoms with E-state index in [2.05, 4.69) is 10.0 Å². The van der Waals surface area contributed by atoms with Crippen molar-refractivity contribution in [2.45, 2.75) is 17.9 Å². The number of rotatable bonds is 5. The molecule has 29 heavy (non-hydrogen) atoms. The van der Waals surface area contributed by atoms with Crippen LogP contribution in [0.4, 0.5) is 11.4 Å². The molecular formula is C18H20N4O6S. The first-order valence-electron chi connectivity index (χ1n) is 8.65. The molecule has 1 aromatic heterocycles. The van der Waals surface area contributed by atoms with Crippen molar-refractivity contribution in [2.75, 3.05) is 23.8 Å². The molecule has 0 aliphatic carbocycles. The average molecular weight is 420 g/mol. The molecule has 2 aromatic rings. The van der Waals surface area contributed by atoms with Gasteiger partial charge < -0.3 is 14.6 Å². The molecule has 3 rings (SSSR count). The molecule has 0 saturated heterocycles. The first-order chi connectivity index (χ1) is 13.6. The van der Waals surface area contributed by atoms with Crippen LogP contribution in [0.25, 0.3) is 0 Å². The summed E-state index contributed by atoms with van der Waals surface area (Å²) in [5, 5.41) is 2.67. The fourth-order valence-corrected chi connectivity index (χ4v) is 3.72. The van der Waals surface area contributed by atoms with Gasteiger partial charge in [0.2, 0.25) is 15.9 Å². The number of benzene rings is 1. The van der Waals surface area contributed by atoms with Gasteiger partial charge in [-0.1, -0.05) is 12.1 Å². The van der Waals surface area contributed by atoms with Crippen molar-refractivity contribution in [1.29, 1.82) is 0 Å². The number of anilines is 2. The first kappa shape index (κ1) is 20.6. The van der Waals surface area contributed by atoms with E-state index in [-0.39, 0.29) is 23.0 Å². The van der Waals surface area contributed by atoms with Crippen LogP contribution in [0.1, 0.15) is 17.4 Å². The van der Waals surface area contributed by atoms with Gasteiger partial charge in [0.05, 0.1) is 11.4 Å². The summed E-state index contributed by atoms with van der Waals surface area (Å²) in [7, 11) is -0.986. The van der Waals surface area contributed by atoms with E-state index in [1.54, 1.807) is 24.3 Å². The molecule has 0 saturated carbocycles. The largest absolute Gasteiger partial charge is 0.448 e. The zero-order chi connectivity index (χ0) is 21.3. The van der Waals surface area contributed by atoms with Crippen LogP contribution in [-0.2, 0) is 31.4 Å². The van der Waals surface area contributed by atoms with Crippen LogP contribution in [0.2, 0.25) is 0 Å². The molecule has 0 radical (unpaired) electrons. The van der Waals surface area contributed by atoms with Gasteiger partial charge >= 0.3 is 5.97 Å². The highest BCUT2D eigenvalue weighted by molar-refractivity contribution is 7.89. The van der Waals surface area contributed by atoms with E-state index in [0.717, 1.165) is 6.07 Å². The molecule has 2 heterocycles. The average Bonchev–Trinajstić information content (AvgIpc) is 3.09. The molecule has 154 valence electrons. The predicted molar refractivity (Wildman–Crippen MR) is 104 cm³/mol. The Morgan fingerprint density at radius 3 is 2.66 bits per heavy atom. The van der Waals surface area contributed by atoms with Crippen LogP contribution in [0.5, 0.6) is 0 Å². The van der Waals surface area contributed by atoms with Gasteiger partial charge in [0.15, 0.2) is 6.10 Å². The second kappa shape index (κ2) is 7.68. The maximum Gasteiger partial charge on any atom is 0.355 e. The van der Waals surface area contributed by atoms with Crippen molar-refractivity contribution in [2.24, 2.45) is 7.05 Å². The van der Waals surface area contributed by atoms with Crippen molar-refractivity contribution >= 4 is 39.2 Å². The van der Waals surface area contributed by atoms with Crippen molar-refractivity contribution in [3.63, 3.8) is 0 Å². The number of nitrogens with zero attached hydrogens (tertiary/aromatic N) is 2. The Morgan fingerprint density at radius 1 is 1.28 bits per heavy atom. The molecule has 1 aromatic carbocycles. The smallest absolute Gasteiger partial charge is 0.355 e. The van der Waals surface area contributed by atoms with Crippen molar-refractivity contribution in [1.82, 2.24) is 9.29 Å². The third kappa shape index (κ3) is 4.00. The van der Waals surface area contributed by atoms with Crippen LogP contribution >= 0.6 is 0 Å². The number of aryl methyl sites for hydroxylation is 1. The fraction of sp³-hybridized carbons (Fsp3) is 0.278. The normalized spacial score (nSPS) is 14.7. The summed E-state index contributed by atoms with van der Waals surface area (Å²) in [5.74, 6) is -1.79. The van der Waals surface area contributed by atoms with Gasteiger partial charge in [-0.15, -0.1) is 0 Å². The van der Waals surface area contributed by atoms with Gasteiger partial charge in [-0.25, -0.2) is 17.9 Å². The number of hydrogen-bond donors (Lipinski definition) is 2. The molecule has 11 heteroatoms. The number of nitrogens with one attached hydrogen (secondary N) is 2. The fourth-order valence-electron chi connectivity index (χ4n) is 2.92. The maximum atomic E-state index is 12.8. The Labute approximate surface area is 167 Å². The first-order valence-corrected chi connectivity index (χ1v) is 10.1. The van der Waals surface area contributed by atoms with Crippen LogP contribution in [-0.4, -0.2) is 50.5 Å². The minimum absolute atomic E-state index is 0.0322. The molecule has 1 atom stereocenters. The molecule has 2 amide bonds. The molecule has 10 nitrogen and oxygen atoms in total. The second-order valence-electron chi connectivity index (χ2n) is 6.42. The third-order valence-electron chi connectivity index (χ3n) is 4.44. The lowest BCUT2D eigenvalue weighted by molar-refractivity contribution is -0.128. The molecule has 0 fully saturated rings. The number of hydrogen-bond acceptors (Lipinski definition) is 6. The van der Waals surface area contributed by atoms with Crippen molar-refractivity contribution in [3.05, 3.63) is 42.2 Å². The lowest BCUT2D eigenvalue weighted by atomic mass is 10.1. The lowest BCUT2D eigenvalue weighted by Gasteiger charge is -2.30. The number of esters is 1. The molecule has 0 bridgehead atoms. The van der Waals surface area contributed by atoms with E-state index in [9.17, 15) is 22.8 Å². The molecule has 1 unspecified atom stereocenters. The zero-order valence-electron chi connectivity index (χ0n) is 16.0. The SMILES string of the molecule is CNS(=O)(=O)c1cc(C(=O)OC(C)C(=O)N2CC(=O)Nc3ccccc32)n(C)c1. The van der Waals surface area contributed by atoms with Crippen LogP contribution in [0.15, 0.2) is 41.4 Å². The summed E-state index contributed by atoms with van der Waals surface area (Å²) in [5.41, 5.74) is 0.955. The molecule has 0 spiro atoms. The van der Waals surface area contributed by atoms with Gasteiger partial charge in [-0.2, -0.15) is 0 Å². The number of carbonyl (C=O) groups excluding carboxylic acids is 3. The van der Waals surface area contributed by atoms with E-state index in [1.807, 2.05) is 0 Å². The summed E-state index contributed by atoms with van der Waals surface area (Å²) in [6.07, 6.45) is 0.0702. The predicted octanol–water partition coefficient (Wildman–Crippen LogP) is 0.464. The van der Waals surface area contributed by atoms with Gasteiger partial charge in [0.1, 0.15) is 17.1 Å². The van der Waals surface area contributed by atoms with E-state index in [1.165, 1.54) is 36.7 Å². The summed E-state index contributed by atoms with van der Waals surface area (Å²) < 4.78 is 32.5. The second-order valence-corrected chi connectivity index (χ2v) is 8.30. The number of ether oxygens (including phenoxy) is 1. The number of sulfonamides is 1. The Kier molecular flexibility index (Phi) is 5.44. The van der Waals surface area contributed by atoms with E-state index >= 15 is 0 Å². The molecule has 1 aliphatic heterocycles. The topological polar surface area (TPSA) is 127 Å².